The lowest BCUT2D eigenvalue weighted by Gasteiger charge is -2.36. The first-order chi connectivity index (χ1) is 17.3. The van der Waals surface area contributed by atoms with Crippen molar-refractivity contribution in [2.45, 2.75) is 6.54 Å². The fourth-order valence-electron chi connectivity index (χ4n) is 4.37. The summed E-state index contributed by atoms with van der Waals surface area (Å²) in [5.74, 6) is 0.863. The number of nitrogens with zero attached hydrogens (tertiary/aromatic N) is 3. The normalized spacial score (nSPS) is 14.6. The molecule has 5 rings (SSSR count). The van der Waals surface area contributed by atoms with Crippen LogP contribution in [0, 0.1) is 0 Å². The molecule has 0 bridgehead atoms. The van der Waals surface area contributed by atoms with Crippen molar-refractivity contribution in [1.82, 2.24) is 15.4 Å². The first kappa shape index (κ1) is 23.1. The van der Waals surface area contributed by atoms with Gasteiger partial charge in [-0.2, -0.15) is 0 Å². The topological polar surface area (TPSA) is 44.5 Å². The van der Waals surface area contributed by atoms with Crippen molar-refractivity contribution in [3.05, 3.63) is 108 Å². The Hall–Kier alpha value is -3.67. The van der Waals surface area contributed by atoms with Crippen molar-refractivity contribution in [2.24, 2.45) is 0 Å². The van der Waals surface area contributed by atoms with Crippen LogP contribution < -0.4 is 10.2 Å². The maximum Gasteiger partial charge on any atom is 0.151 e. The summed E-state index contributed by atoms with van der Waals surface area (Å²) in [6.07, 6.45) is 4.25. The number of nitrogens with one attached hydrogen (secondary N) is 1. The number of benzene rings is 3. The highest BCUT2D eigenvalue weighted by molar-refractivity contribution is 5.71. The zero-order valence-electron chi connectivity index (χ0n) is 20.0. The third-order valence-corrected chi connectivity index (χ3v) is 6.43. The van der Waals surface area contributed by atoms with Crippen LogP contribution in [0.1, 0.15) is 16.9 Å². The summed E-state index contributed by atoms with van der Waals surface area (Å²) in [7, 11) is 0. The Kier molecular flexibility index (Phi) is 7.68. The van der Waals surface area contributed by atoms with Gasteiger partial charge in [0.2, 0.25) is 0 Å². The number of aromatic nitrogens is 1. The maximum absolute atomic E-state index is 5.56. The van der Waals surface area contributed by atoms with Gasteiger partial charge in [0.1, 0.15) is 5.69 Å². The van der Waals surface area contributed by atoms with Crippen LogP contribution in [0.15, 0.2) is 95.5 Å². The number of rotatable bonds is 9. The molecule has 5 nitrogen and oxygen atoms in total. The Morgan fingerprint density at radius 3 is 2.14 bits per heavy atom. The summed E-state index contributed by atoms with van der Waals surface area (Å²) in [6.45, 7) is 7.02. The molecule has 178 valence electrons. The molecule has 0 unspecified atom stereocenters. The lowest BCUT2D eigenvalue weighted by molar-refractivity contribution is 0.255. The molecule has 1 aliphatic rings. The van der Waals surface area contributed by atoms with E-state index < -0.39 is 0 Å². The van der Waals surface area contributed by atoms with E-state index >= 15 is 0 Å². The third-order valence-electron chi connectivity index (χ3n) is 6.43. The quantitative estimate of drug-likeness (QED) is 0.265. The van der Waals surface area contributed by atoms with Gasteiger partial charge in [0.05, 0.1) is 6.54 Å². The van der Waals surface area contributed by atoms with E-state index in [9.17, 15) is 0 Å². The fraction of sp³-hybridized carbons (Fsp3) is 0.233. The summed E-state index contributed by atoms with van der Waals surface area (Å²) >= 11 is 0. The molecule has 1 aliphatic heterocycles. The van der Waals surface area contributed by atoms with E-state index in [0.717, 1.165) is 61.8 Å². The summed E-state index contributed by atoms with van der Waals surface area (Å²) < 4.78 is 5.56. The Labute approximate surface area is 207 Å². The molecule has 2 heterocycles. The molecule has 5 heteroatoms. The Balaban J connectivity index is 1.04. The van der Waals surface area contributed by atoms with Crippen molar-refractivity contribution in [2.75, 3.05) is 44.2 Å². The van der Waals surface area contributed by atoms with Crippen molar-refractivity contribution >= 4 is 17.8 Å². The van der Waals surface area contributed by atoms with E-state index in [1.807, 2.05) is 24.3 Å². The second kappa shape index (κ2) is 11.6. The van der Waals surface area contributed by atoms with Gasteiger partial charge in [-0.3, -0.25) is 4.90 Å². The molecule has 0 amide bonds. The van der Waals surface area contributed by atoms with E-state index in [0.29, 0.717) is 6.54 Å². The smallest absolute Gasteiger partial charge is 0.151 e. The monoisotopic (exact) mass is 464 g/mol. The van der Waals surface area contributed by atoms with E-state index in [1.54, 1.807) is 0 Å². The van der Waals surface area contributed by atoms with Crippen LogP contribution in [0.25, 0.3) is 23.4 Å². The predicted octanol–water partition coefficient (Wildman–Crippen LogP) is 5.42. The highest BCUT2D eigenvalue weighted by Gasteiger charge is 2.16. The number of hydrogen-bond acceptors (Lipinski definition) is 5. The number of anilines is 1. The molecule has 1 fully saturated rings. The fourth-order valence-corrected chi connectivity index (χ4v) is 4.37. The molecule has 35 heavy (non-hydrogen) atoms. The van der Waals surface area contributed by atoms with Crippen LogP contribution in [-0.4, -0.2) is 49.3 Å². The van der Waals surface area contributed by atoms with Gasteiger partial charge in [0.15, 0.2) is 5.76 Å². The Bertz CT molecular complexity index is 1190. The van der Waals surface area contributed by atoms with Crippen LogP contribution in [0.4, 0.5) is 5.69 Å². The van der Waals surface area contributed by atoms with Crippen LogP contribution in [0.3, 0.4) is 0 Å². The average Bonchev–Trinajstić information content (AvgIpc) is 3.41. The minimum Gasteiger partial charge on any atom is -0.369 e. The maximum atomic E-state index is 5.56. The third kappa shape index (κ3) is 6.47. The number of hydrogen-bond donors (Lipinski definition) is 1. The van der Waals surface area contributed by atoms with Crippen molar-refractivity contribution < 1.29 is 4.52 Å². The molecule has 0 aliphatic carbocycles. The lowest BCUT2D eigenvalue weighted by Crippen LogP contribution is -2.48. The Morgan fingerprint density at radius 2 is 1.43 bits per heavy atom. The van der Waals surface area contributed by atoms with Crippen LogP contribution in [0.5, 0.6) is 0 Å². The van der Waals surface area contributed by atoms with Gasteiger partial charge in [-0.1, -0.05) is 90.1 Å². The minimum atomic E-state index is 0.689. The first-order valence-electron chi connectivity index (χ1n) is 12.4. The molecule has 0 atom stereocenters. The van der Waals surface area contributed by atoms with Crippen LogP contribution >= 0.6 is 0 Å². The summed E-state index contributed by atoms with van der Waals surface area (Å²) in [6, 6.07) is 31.4. The second-order valence-electron chi connectivity index (χ2n) is 8.89. The molecule has 4 aromatic rings. The molecule has 1 aromatic heterocycles. The van der Waals surface area contributed by atoms with Gasteiger partial charge in [-0.15, -0.1) is 0 Å². The molecule has 0 radical (unpaired) electrons. The Morgan fingerprint density at radius 1 is 0.771 bits per heavy atom. The van der Waals surface area contributed by atoms with Crippen molar-refractivity contribution in [3.8, 4) is 11.3 Å². The van der Waals surface area contributed by atoms with Gasteiger partial charge in [-0.25, -0.2) is 0 Å². The summed E-state index contributed by atoms with van der Waals surface area (Å²) in [4.78, 5) is 4.98. The lowest BCUT2D eigenvalue weighted by atomic mass is 10.1. The van der Waals surface area contributed by atoms with Crippen molar-refractivity contribution in [1.29, 1.82) is 0 Å². The predicted molar refractivity (Wildman–Crippen MR) is 144 cm³/mol. The van der Waals surface area contributed by atoms with E-state index in [-0.39, 0.29) is 0 Å². The average molecular weight is 465 g/mol. The first-order valence-corrected chi connectivity index (χ1v) is 12.4. The largest absolute Gasteiger partial charge is 0.369 e. The van der Waals surface area contributed by atoms with Gasteiger partial charge in [0, 0.05) is 56.6 Å². The molecule has 1 saturated heterocycles. The standard InChI is InChI=1S/C30H32N4O/c1-3-7-25(8-4-1)11-12-26-13-15-27(16-14-26)30-23-29(35-32-30)24-31-17-18-33-19-21-34(22-20-33)28-9-5-2-6-10-28/h1-16,23,31H,17-22,24H2. The zero-order chi connectivity index (χ0) is 23.7. The van der Waals surface area contributed by atoms with E-state index in [1.165, 1.54) is 11.3 Å². The van der Waals surface area contributed by atoms with Gasteiger partial charge in [-0.05, 0) is 23.3 Å². The van der Waals surface area contributed by atoms with Crippen LogP contribution in [0.2, 0.25) is 0 Å². The minimum absolute atomic E-state index is 0.689. The molecule has 0 spiro atoms. The molecule has 3 aromatic carbocycles. The van der Waals surface area contributed by atoms with Gasteiger partial charge in [0.25, 0.3) is 0 Å². The molecule has 1 N–H and O–H groups in total. The molecular formula is C30H32N4O. The number of piperazine rings is 1. The van der Waals surface area contributed by atoms with E-state index in [2.05, 4.69) is 99.2 Å². The van der Waals surface area contributed by atoms with E-state index in [4.69, 9.17) is 4.52 Å². The second-order valence-corrected chi connectivity index (χ2v) is 8.89. The summed E-state index contributed by atoms with van der Waals surface area (Å²) in [5.41, 5.74) is 5.61. The highest BCUT2D eigenvalue weighted by Crippen LogP contribution is 2.21. The molecular weight excluding hydrogens is 432 g/mol. The SMILES string of the molecule is C(=Cc1ccc(-c2cc(CNCCN3CCN(c4ccccc4)CC3)on2)cc1)c1ccccc1. The van der Waals surface area contributed by atoms with Crippen molar-refractivity contribution in [3.63, 3.8) is 0 Å². The van der Waals surface area contributed by atoms with Crippen LogP contribution in [-0.2, 0) is 6.54 Å². The summed E-state index contributed by atoms with van der Waals surface area (Å²) in [5, 5.41) is 7.77. The highest BCUT2D eigenvalue weighted by atomic mass is 16.5. The zero-order valence-corrected chi connectivity index (χ0v) is 20.0. The van der Waals surface area contributed by atoms with Gasteiger partial charge >= 0.3 is 0 Å². The molecule has 0 saturated carbocycles. The number of para-hydroxylation sites is 1. The van der Waals surface area contributed by atoms with Gasteiger partial charge < -0.3 is 14.7 Å².